The molecule has 0 bridgehead atoms. The molecular weight excluding hydrogens is 825 g/mol. The van der Waals surface area contributed by atoms with E-state index in [0.717, 1.165) is 82.4 Å². The van der Waals surface area contributed by atoms with Gasteiger partial charge in [0, 0.05) is 12.1 Å². The van der Waals surface area contributed by atoms with Crippen molar-refractivity contribution in [1.82, 2.24) is 21.3 Å². The molecule has 1 atom stereocenters. The number of carbonyl (C=O) groups excluding carboxylic acids is 2. The number of carboxylic acid groups (broad SMARTS) is 3. The van der Waals surface area contributed by atoms with Crippen molar-refractivity contribution in [3.8, 4) is 11.1 Å². The first-order chi connectivity index (χ1) is 28.0. The molecule has 0 unspecified atom stereocenters. The Morgan fingerprint density at radius 3 is 1.45 bits per heavy atom. The van der Waals surface area contributed by atoms with Crippen molar-refractivity contribution in [3.05, 3.63) is 60.2 Å². The van der Waals surface area contributed by atoms with Crippen LogP contribution in [0.5, 0.6) is 0 Å². The van der Waals surface area contributed by atoms with Crippen molar-refractivity contribution < 1.29 is 78.8 Å². The monoisotopic (exact) mass is 877 g/mol. The summed E-state index contributed by atoms with van der Waals surface area (Å²) >= 11 is 0. The van der Waals surface area contributed by atoms with Gasteiger partial charge in [0.2, 0.25) is 5.91 Å². The van der Waals surface area contributed by atoms with E-state index < -0.39 is 42.5 Å². The molecule has 0 saturated heterocycles. The third-order valence-corrected chi connectivity index (χ3v) is 8.24. The number of hydrogen-bond acceptors (Lipinski definition) is 8. The number of halogens is 9. The van der Waals surface area contributed by atoms with E-state index in [0.29, 0.717) is 24.4 Å². The van der Waals surface area contributed by atoms with Crippen LogP contribution >= 0.6 is 0 Å². The molecule has 13 nitrogen and oxygen atoms in total. The maximum atomic E-state index is 13.1. The Kier molecular flexibility index (Phi) is 26.9. The fraction of sp³-hybridized carbons (Fsp3) is 0.553. The van der Waals surface area contributed by atoms with Gasteiger partial charge in [-0.05, 0) is 94.0 Å². The number of aliphatic carboxylic acids is 3. The number of rotatable bonds is 18. The van der Waals surface area contributed by atoms with Gasteiger partial charge in [-0.1, -0.05) is 74.6 Å². The highest BCUT2D eigenvalue weighted by Crippen LogP contribution is 2.28. The van der Waals surface area contributed by atoms with Crippen LogP contribution in [0.15, 0.2) is 54.6 Å². The van der Waals surface area contributed by atoms with Gasteiger partial charge in [-0.15, -0.1) is 0 Å². The molecule has 2 aromatic rings. The summed E-state index contributed by atoms with van der Waals surface area (Å²) in [6.07, 6.45) is -4.41. The van der Waals surface area contributed by atoms with E-state index in [2.05, 4.69) is 33.4 Å². The first kappa shape index (κ1) is 55.0. The number of nitrogens with two attached hydrogens (primary N) is 1. The van der Waals surface area contributed by atoms with Crippen molar-refractivity contribution in [2.75, 3.05) is 39.3 Å². The van der Waals surface area contributed by atoms with Crippen LogP contribution in [0.2, 0.25) is 0 Å². The SMILES string of the molecule is NCCCNCCCCNCCCNC(=O)[C@H](CC1CCCCC1)NC(=O)c1ccc(-c2ccccc2)cc1.O=C(O)C(F)(F)F.O=C(O)C(F)(F)F.O=C(O)C(F)(F)F. The Morgan fingerprint density at radius 2 is 1.02 bits per heavy atom. The molecule has 1 aliphatic rings. The molecule has 0 spiro atoms. The van der Waals surface area contributed by atoms with E-state index in [4.69, 9.17) is 35.4 Å². The van der Waals surface area contributed by atoms with Gasteiger partial charge < -0.3 is 42.3 Å². The van der Waals surface area contributed by atoms with Crippen LogP contribution in [0.4, 0.5) is 39.5 Å². The van der Waals surface area contributed by atoms with Crippen molar-refractivity contribution in [2.45, 2.75) is 88.8 Å². The van der Waals surface area contributed by atoms with Crippen LogP contribution in [-0.2, 0) is 19.2 Å². The fourth-order valence-corrected chi connectivity index (χ4v) is 5.20. The summed E-state index contributed by atoms with van der Waals surface area (Å²) in [6, 6.07) is 17.2. The molecule has 60 heavy (non-hydrogen) atoms. The smallest absolute Gasteiger partial charge is 0.475 e. The molecule has 2 aromatic carbocycles. The minimum Gasteiger partial charge on any atom is -0.475 e. The molecule has 1 aliphatic carbocycles. The maximum Gasteiger partial charge on any atom is 0.490 e. The number of unbranched alkanes of at least 4 members (excludes halogenated alkanes) is 1. The summed E-state index contributed by atoms with van der Waals surface area (Å²) in [5.41, 5.74) is 8.26. The molecule has 1 fully saturated rings. The molecule has 3 rings (SSSR count). The topological polar surface area (TPSA) is 220 Å². The zero-order valence-electron chi connectivity index (χ0n) is 32.5. The van der Waals surface area contributed by atoms with Crippen molar-refractivity contribution >= 4 is 29.7 Å². The third-order valence-electron chi connectivity index (χ3n) is 8.24. The average molecular weight is 878 g/mol. The largest absolute Gasteiger partial charge is 0.490 e. The number of alkyl halides is 9. The van der Waals surface area contributed by atoms with Crippen LogP contribution in [0, 0.1) is 5.92 Å². The number of nitrogens with one attached hydrogen (secondary N) is 4. The highest BCUT2D eigenvalue weighted by molar-refractivity contribution is 5.98. The summed E-state index contributed by atoms with van der Waals surface area (Å²) in [5, 5.41) is 34.4. The van der Waals surface area contributed by atoms with Crippen LogP contribution in [-0.4, -0.2) is 109 Å². The Balaban J connectivity index is 0.00000135. The molecular formula is C38H52F9N5O8. The molecule has 0 radical (unpaired) electrons. The van der Waals surface area contributed by atoms with E-state index >= 15 is 0 Å². The molecule has 22 heteroatoms. The van der Waals surface area contributed by atoms with E-state index in [9.17, 15) is 49.1 Å². The minimum atomic E-state index is -5.08. The zero-order chi connectivity index (χ0) is 45.8. The van der Waals surface area contributed by atoms with Gasteiger partial charge in [-0.25, -0.2) is 14.4 Å². The van der Waals surface area contributed by atoms with Crippen LogP contribution in [0.3, 0.4) is 0 Å². The highest BCUT2D eigenvalue weighted by Gasteiger charge is 2.39. The third kappa shape index (κ3) is 26.9. The van der Waals surface area contributed by atoms with Crippen LogP contribution in [0.25, 0.3) is 11.1 Å². The average Bonchev–Trinajstić information content (AvgIpc) is 3.18. The lowest BCUT2D eigenvalue weighted by molar-refractivity contribution is -0.193. The van der Waals surface area contributed by atoms with Crippen molar-refractivity contribution in [3.63, 3.8) is 0 Å². The predicted molar refractivity (Wildman–Crippen MR) is 202 cm³/mol. The quantitative estimate of drug-likeness (QED) is 0.0629. The molecule has 2 amide bonds. The standard InChI is InChI=1S/C32H49N5O2.3C2HF3O2/c33-19-9-22-34-20-7-8-21-35-23-10-24-36-32(39)30(25-26-11-3-1-4-12-26)37-31(38)29-17-15-28(16-18-29)27-13-5-2-6-14-27;3*3-2(4,5)1(6)7/h2,5-6,13-18,26,30,34-35H,1,3-4,7-12,19-25,33H2,(H,36,39)(H,37,38);3*(H,6,7)/t30-;;;/m0.../s1. The second-order valence-electron chi connectivity index (χ2n) is 13.1. The van der Waals surface area contributed by atoms with Gasteiger partial charge in [0.25, 0.3) is 5.91 Å². The highest BCUT2D eigenvalue weighted by atomic mass is 19.4. The first-order valence-electron chi connectivity index (χ1n) is 18.8. The van der Waals surface area contributed by atoms with E-state index in [1.165, 1.54) is 19.3 Å². The van der Waals surface area contributed by atoms with Crippen LogP contribution in [0.1, 0.15) is 74.6 Å². The Morgan fingerprint density at radius 1 is 0.600 bits per heavy atom. The molecule has 1 saturated carbocycles. The maximum absolute atomic E-state index is 13.1. The second-order valence-corrected chi connectivity index (χ2v) is 13.1. The molecule has 0 aliphatic heterocycles. The van der Waals surface area contributed by atoms with E-state index in [1.807, 2.05) is 42.5 Å². The van der Waals surface area contributed by atoms with Gasteiger partial charge >= 0.3 is 36.4 Å². The zero-order valence-corrected chi connectivity index (χ0v) is 32.5. The van der Waals surface area contributed by atoms with Crippen molar-refractivity contribution in [1.29, 1.82) is 0 Å². The fourth-order valence-electron chi connectivity index (χ4n) is 5.20. The van der Waals surface area contributed by atoms with Crippen molar-refractivity contribution in [2.24, 2.45) is 11.7 Å². The molecule has 0 aromatic heterocycles. The summed E-state index contributed by atoms with van der Waals surface area (Å²) in [4.78, 5) is 52.9. The molecule has 340 valence electrons. The molecule has 0 heterocycles. The predicted octanol–water partition coefficient (Wildman–Crippen LogP) is 6.14. The lowest BCUT2D eigenvalue weighted by atomic mass is 9.84. The summed E-state index contributed by atoms with van der Waals surface area (Å²) < 4.78 is 95.2. The van der Waals surface area contributed by atoms with E-state index in [1.54, 1.807) is 0 Å². The Bertz CT molecular complexity index is 1480. The second kappa shape index (κ2) is 29.3. The van der Waals surface area contributed by atoms with Gasteiger partial charge in [0.1, 0.15) is 6.04 Å². The number of carboxylic acids is 3. The number of benzene rings is 2. The Hall–Kier alpha value is -4.96. The lowest BCUT2D eigenvalue weighted by Gasteiger charge is -2.26. The first-order valence-corrected chi connectivity index (χ1v) is 18.8. The normalized spacial score (nSPS) is 13.4. The number of amides is 2. The summed E-state index contributed by atoms with van der Waals surface area (Å²) in [7, 11) is 0. The summed E-state index contributed by atoms with van der Waals surface area (Å²) in [6.45, 7) is 5.22. The van der Waals surface area contributed by atoms with Gasteiger partial charge in [-0.3, -0.25) is 9.59 Å². The van der Waals surface area contributed by atoms with Gasteiger partial charge in [-0.2, -0.15) is 39.5 Å². The van der Waals surface area contributed by atoms with Gasteiger partial charge in [0.15, 0.2) is 0 Å². The minimum absolute atomic E-state index is 0.0709. The number of hydrogen-bond donors (Lipinski definition) is 8. The summed E-state index contributed by atoms with van der Waals surface area (Å²) in [5.74, 6) is -8.04. The van der Waals surface area contributed by atoms with Gasteiger partial charge in [0.05, 0.1) is 0 Å². The lowest BCUT2D eigenvalue weighted by Crippen LogP contribution is -2.48. The van der Waals surface area contributed by atoms with Crippen LogP contribution < -0.4 is 27.0 Å². The Labute approximate surface area is 340 Å². The number of carbonyl (C=O) groups is 5. The molecule has 9 N–H and O–H groups in total. The van der Waals surface area contributed by atoms with E-state index in [-0.39, 0.29) is 11.8 Å².